The highest BCUT2D eigenvalue weighted by Crippen LogP contribution is 2.19. The second-order valence-electron chi connectivity index (χ2n) is 6.54. The molecule has 0 atom stereocenters. The highest BCUT2D eigenvalue weighted by Gasteiger charge is 2.23. The third-order valence-corrected chi connectivity index (χ3v) is 4.72. The van der Waals surface area contributed by atoms with Gasteiger partial charge in [-0.2, -0.15) is 5.26 Å². The second-order valence-corrected chi connectivity index (χ2v) is 6.54. The Morgan fingerprint density at radius 1 is 0.966 bits per heavy atom. The van der Waals surface area contributed by atoms with E-state index in [1.54, 1.807) is 29.3 Å². The summed E-state index contributed by atoms with van der Waals surface area (Å²) in [6.45, 7) is 2.65. The summed E-state index contributed by atoms with van der Waals surface area (Å²) < 4.78 is 0. The molecule has 3 heterocycles. The van der Waals surface area contributed by atoms with Crippen molar-refractivity contribution in [1.29, 1.82) is 5.26 Å². The molecule has 1 aromatic carbocycles. The summed E-state index contributed by atoms with van der Waals surface area (Å²) in [5.74, 6) is 1.26. The molecule has 0 spiro atoms. The van der Waals surface area contributed by atoms with Gasteiger partial charge in [-0.25, -0.2) is 15.0 Å². The fourth-order valence-electron chi connectivity index (χ4n) is 3.17. The van der Waals surface area contributed by atoms with Crippen LogP contribution in [0.1, 0.15) is 16.1 Å². The number of anilines is 3. The number of nitrogens with one attached hydrogen (secondary N) is 1. The maximum atomic E-state index is 12.7. The van der Waals surface area contributed by atoms with Crippen LogP contribution < -0.4 is 10.2 Å². The van der Waals surface area contributed by atoms with Crippen LogP contribution in [-0.4, -0.2) is 51.9 Å². The summed E-state index contributed by atoms with van der Waals surface area (Å²) in [7, 11) is 0. The maximum absolute atomic E-state index is 12.7. The molecule has 1 aliphatic heterocycles. The lowest BCUT2D eigenvalue weighted by molar-refractivity contribution is 0.0740. The molecule has 2 aromatic heterocycles. The number of pyridine rings is 1. The Labute approximate surface area is 168 Å². The van der Waals surface area contributed by atoms with Crippen LogP contribution in [0.25, 0.3) is 0 Å². The van der Waals surface area contributed by atoms with Crippen LogP contribution in [-0.2, 0) is 0 Å². The van der Waals surface area contributed by atoms with Crippen molar-refractivity contribution in [3.8, 4) is 6.07 Å². The number of rotatable bonds is 4. The van der Waals surface area contributed by atoms with Crippen LogP contribution in [0.4, 0.5) is 17.3 Å². The van der Waals surface area contributed by atoms with Crippen molar-refractivity contribution in [1.82, 2.24) is 19.9 Å². The lowest BCUT2D eigenvalue weighted by atomic mass is 10.2. The number of nitrogens with zero attached hydrogens (tertiary/aromatic N) is 6. The van der Waals surface area contributed by atoms with Crippen molar-refractivity contribution in [2.24, 2.45) is 0 Å². The summed E-state index contributed by atoms with van der Waals surface area (Å²) in [5.41, 5.74) is 1.46. The van der Waals surface area contributed by atoms with E-state index in [1.807, 2.05) is 24.3 Å². The monoisotopic (exact) mass is 385 g/mol. The maximum Gasteiger partial charge on any atom is 0.274 e. The van der Waals surface area contributed by atoms with E-state index in [-0.39, 0.29) is 5.91 Å². The number of carbonyl (C=O) groups excluding carboxylic acids is 1. The lowest BCUT2D eigenvalue weighted by Crippen LogP contribution is -2.49. The smallest absolute Gasteiger partial charge is 0.274 e. The number of carbonyl (C=O) groups is 1. The Hall–Kier alpha value is -3.99. The predicted molar refractivity (Wildman–Crippen MR) is 109 cm³/mol. The molecule has 4 rings (SSSR count). The molecule has 29 heavy (non-hydrogen) atoms. The molecule has 0 saturated carbocycles. The van der Waals surface area contributed by atoms with Gasteiger partial charge in [0.2, 0.25) is 0 Å². The predicted octanol–water partition coefficient (Wildman–Crippen LogP) is 2.45. The van der Waals surface area contributed by atoms with E-state index in [2.05, 4.69) is 31.2 Å². The Balaban J connectivity index is 1.38. The first-order valence-corrected chi connectivity index (χ1v) is 9.28. The third kappa shape index (κ3) is 4.14. The molecule has 1 aliphatic rings. The van der Waals surface area contributed by atoms with E-state index >= 15 is 0 Å². The highest BCUT2D eigenvalue weighted by molar-refractivity contribution is 5.92. The standard InChI is InChI=1S/C21H19N7O/c22-13-16-5-1-2-6-17(16)26-19-15-24-18(14-25-19)21(29)28-11-9-27(10-12-28)20-7-3-4-8-23-20/h1-8,14-15H,9-12H2,(H,25,26). The summed E-state index contributed by atoms with van der Waals surface area (Å²) in [6, 6.07) is 15.1. The van der Waals surface area contributed by atoms with E-state index in [0.29, 0.717) is 35.9 Å². The molecule has 8 nitrogen and oxygen atoms in total. The third-order valence-electron chi connectivity index (χ3n) is 4.72. The molecule has 1 N–H and O–H groups in total. The topological polar surface area (TPSA) is 98.0 Å². The number of hydrogen-bond acceptors (Lipinski definition) is 7. The minimum atomic E-state index is -0.137. The SMILES string of the molecule is N#Cc1ccccc1Nc1cnc(C(=O)N2CCN(c3ccccn3)CC2)cn1. The van der Waals surface area contributed by atoms with Crippen LogP contribution in [0, 0.1) is 11.3 Å². The molecule has 0 unspecified atom stereocenters. The van der Waals surface area contributed by atoms with Gasteiger partial charge in [0.25, 0.3) is 5.91 Å². The van der Waals surface area contributed by atoms with Crippen LogP contribution >= 0.6 is 0 Å². The number of amides is 1. The first-order valence-electron chi connectivity index (χ1n) is 9.28. The fourth-order valence-corrected chi connectivity index (χ4v) is 3.17. The van der Waals surface area contributed by atoms with Gasteiger partial charge >= 0.3 is 0 Å². The van der Waals surface area contributed by atoms with Gasteiger partial charge in [0.05, 0.1) is 23.6 Å². The van der Waals surface area contributed by atoms with E-state index < -0.39 is 0 Å². The number of para-hydroxylation sites is 1. The van der Waals surface area contributed by atoms with Gasteiger partial charge < -0.3 is 15.1 Å². The molecule has 0 radical (unpaired) electrons. The molecule has 1 fully saturated rings. The first kappa shape index (κ1) is 18.4. The largest absolute Gasteiger partial charge is 0.353 e. The minimum absolute atomic E-state index is 0.137. The van der Waals surface area contributed by atoms with Gasteiger partial charge in [0, 0.05) is 32.4 Å². The summed E-state index contributed by atoms with van der Waals surface area (Å²) in [6.07, 6.45) is 4.74. The molecule has 3 aromatic rings. The summed E-state index contributed by atoms with van der Waals surface area (Å²) in [5, 5.41) is 12.2. The van der Waals surface area contributed by atoms with Crippen molar-refractivity contribution in [2.75, 3.05) is 36.4 Å². The molecule has 0 bridgehead atoms. The Morgan fingerprint density at radius 2 is 1.76 bits per heavy atom. The van der Waals surface area contributed by atoms with Crippen molar-refractivity contribution in [2.45, 2.75) is 0 Å². The average molecular weight is 385 g/mol. The molecular weight excluding hydrogens is 366 g/mol. The average Bonchev–Trinajstić information content (AvgIpc) is 2.80. The van der Waals surface area contributed by atoms with Gasteiger partial charge in [-0.1, -0.05) is 18.2 Å². The van der Waals surface area contributed by atoms with Crippen molar-refractivity contribution < 1.29 is 4.79 Å². The highest BCUT2D eigenvalue weighted by atomic mass is 16.2. The van der Waals surface area contributed by atoms with Gasteiger partial charge in [-0.05, 0) is 24.3 Å². The zero-order chi connectivity index (χ0) is 20.1. The molecule has 0 aliphatic carbocycles. The zero-order valence-corrected chi connectivity index (χ0v) is 15.7. The van der Waals surface area contributed by atoms with Crippen molar-refractivity contribution in [3.63, 3.8) is 0 Å². The summed E-state index contributed by atoms with van der Waals surface area (Å²) in [4.78, 5) is 29.6. The van der Waals surface area contributed by atoms with Crippen LogP contribution in [0.5, 0.6) is 0 Å². The molecular formula is C21H19N7O. The van der Waals surface area contributed by atoms with E-state index in [0.717, 1.165) is 18.9 Å². The number of aromatic nitrogens is 3. The Kier molecular flexibility index (Phi) is 5.29. The first-order chi connectivity index (χ1) is 14.2. The molecule has 1 amide bonds. The Morgan fingerprint density at radius 3 is 2.45 bits per heavy atom. The molecule has 8 heteroatoms. The van der Waals surface area contributed by atoms with Crippen LogP contribution in [0.15, 0.2) is 61.1 Å². The van der Waals surface area contributed by atoms with Gasteiger partial charge in [-0.15, -0.1) is 0 Å². The lowest BCUT2D eigenvalue weighted by Gasteiger charge is -2.35. The Bertz CT molecular complexity index is 1020. The number of nitriles is 1. The van der Waals surface area contributed by atoms with Crippen molar-refractivity contribution >= 4 is 23.2 Å². The van der Waals surface area contributed by atoms with E-state index in [4.69, 9.17) is 5.26 Å². The van der Waals surface area contributed by atoms with Crippen LogP contribution in [0.2, 0.25) is 0 Å². The molecule has 144 valence electrons. The van der Waals surface area contributed by atoms with Crippen molar-refractivity contribution in [3.05, 3.63) is 72.3 Å². The second kappa shape index (κ2) is 8.35. The van der Waals surface area contributed by atoms with E-state index in [1.165, 1.54) is 12.4 Å². The molecule has 1 saturated heterocycles. The normalized spacial score (nSPS) is 13.6. The van der Waals surface area contributed by atoms with Gasteiger partial charge in [0.15, 0.2) is 0 Å². The van der Waals surface area contributed by atoms with Gasteiger partial charge in [0.1, 0.15) is 23.4 Å². The quantitative estimate of drug-likeness (QED) is 0.736. The number of piperazine rings is 1. The number of benzene rings is 1. The summed E-state index contributed by atoms with van der Waals surface area (Å²) >= 11 is 0. The fraction of sp³-hybridized carbons (Fsp3) is 0.190. The van der Waals surface area contributed by atoms with Crippen LogP contribution in [0.3, 0.4) is 0 Å². The minimum Gasteiger partial charge on any atom is -0.353 e. The zero-order valence-electron chi connectivity index (χ0n) is 15.7. The van der Waals surface area contributed by atoms with E-state index in [9.17, 15) is 4.79 Å². The van der Waals surface area contributed by atoms with Gasteiger partial charge in [-0.3, -0.25) is 4.79 Å². The number of hydrogen-bond donors (Lipinski definition) is 1.